The molecule has 0 radical (unpaired) electrons. The van der Waals surface area contributed by atoms with Gasteiger partial charge in [-0.05, 0) is 25.0 Å². The van der Waals surface area contributed by atoms with Gasteiger partial charge in [-0.1, -0.05) is 23.2 Å². The van der Waals surface area contributed by atoms with E-state index in [1.807, 2.05) is 0 Å². The van der Waals surface area contributed by atoms with Crippen LogP contribution in [0.3, 0.4) is 0 Å². The molecule has 7 heteroatoms. The Morgan fingerprint density at radius 2 is 1.90 bits per heavy atom. The number of hydrogen-bond donors (Lipinski definition) is 2. The fourth-order valence-corrected chi connectivity index (χ4v) is 2.87. The number of rotatable bonds is 2. The lowest BCUT2D eigenvalue weighted by atomic mass is 10.0. The van der Waals surface area contributed by atoms with Crippen LogP contribution in [0.2, 0.25) is 10.0 Å². The molecule has 5 nitrogen and oxygen atoms in total. The average molecular weight is 330 g/mol. The van der Waals surface area contributed by atoms with E-state index < -0.39 is 0 Å². The number of nitrogens with two attached hydrogens (primary N) is 1. The van der Waals surface area contributed by atoms with Crippen molar-refractivity contribution in [1.82, 2.24) is 10.2 Å². The van der Waals surface area contributed by atoms with E-state index in [-0.39, 0.29) is 27.9 Å². The Morgan fingerprint density at radius 3 is 2.48 bits per heavy atom. The number of carbonyl (C=O) groups excluding carboxylic acids is 2. The van der Waals surface area contributed by atoms with Crippen molar-refractivity contribution in [3.8, 4) is 0 Å². The van der Waals surface area contributed by atoms with Gasteiger partial charge in [0.1, 0.15) is 0 Å². The minimum atomic E-state index is -0.185. The van der Waals surface area contributed by atoms with Gasteiger partial charge in [0, 0.05) is 31.7 Å². The lowest BCUT2D eigenvalue weighted by Gasteiger charge is -2.32. The number of halogens is 2. The van der Waals surface area contributed by atoms with Crippen molar-refractivity contribution in [3.63, 3.8) is 0 Å². The van der Waals surface area contributed by atoms with Crippen molar-refractivity contribution < 1.29 is 9.59 Å². The van der Waals surface area contributed by atoms with Crippen LogP contribution in [0, 0.1) is 0 Å². The summed E-state index contributed by atoms with van der Waals surface area (Å²) in [6.45, 7) is 2.62. The lowest BCUT2D eigenvalue weighted by molar-refractivity contribution is -0.119. The fourth-order valence-electron chi connectivity index (χ4n) is 2.45. The van der Waals surface area contributed by atoms with Crippen LogP contribution in [0.25, 0.3) is 0 Å². The molecule has 1 heterocycles. The van der Waals surface area contributed by atoms with E-state index in [9.17, 15) is 9.59 Å². The van der Waals surface area contributed by atoms with Crippen LogP contribution < -0.4 is 11.1 Å². The molecule has 1 aromatic carbocycles. The lowest BCUT2D eigenvalue weighted by Crippen LogP contribution is -2.46. The Bertz CT molecular complexity index is 570. The summed E-state index contributed by atoms with van der Waals surface area (Å²) in [5, 5.41) is 3.36. The number of likely N-dealkylation sites (tertiary alicyclic amines) is 1. The zero-order valence-electron chi connectivity index (χ0n) is 11.7. The van der Waals surface area contributed by atoms with Gasteiger partial charge in [0.25, 0.3) is 5.91 Å². The third-order valence-electron chi connectivity index (χ3n) is 3.47. The number of piperidine rings is 1. The van der Waals surface area contributed by atoms with Crippen LogP contribution in [0.4, 0.5) is 5.69 Å². The molecule has 0 aromatic heterocycles. The first-order chi connectivity index (χ1) is 9.88. The topological polar surface area (TPSA) is 75.4 Å². The molecule has 0 bridgehead atoms. The summed E-state index contributed by atoms with van der Waals surface area (Å²) in [7, 11) is 0. The minimum absolute atomic E-state index is 0.0505. The maximum absolute atomic E-state index is 12.5. The number of nitrogen functional groups attached to an aromatic ring is 1. The van der Waals surface area contributed by atoms with Gasteiger partial charge in [-0.3, -0.25) is 9.59 Å². The molecule has 0 spiro atoms. The van der Waals surface area contributed by atoms with Crippen LogP contribution in [0.1, 0.15) is 30.1 Å². The van der Waals surface area contributed by atoms with Crippen LogP contribution in [-0.4, -0.2) is 35.8 Å². The SMILES string of the molecule is CC(=O)NC1CCN(C(=O)c2cc(N)cc(Cl)c2Cl)CC1. The highest BCUT2D eigenvalue weighted by atomic mass is 35.5. The molecule has 1 saturated heterocycles. The smallest absolute Gasteiger partial charge is 0.255 e. The van der Waals surface area contributed by atoms with Gasteiger partial charge in [0.05, 0.1) is 15.6 Å². The van der Waals surface area contributed by atoms with Gasteiger partial charge >= 0.3 is 0 Å². The number of benzene rings is 1. The highest BCUT2D eigenvalue weighted by Crippen LogP contribution is 2.30. The number of nitrogens with one attached hydrogen (secondary N) is 1. The average Bonchev–Trinajstić information content (AvgIpc) is 2.42. The molecule has 1 aliphatic heterocycles. The fraction of sp³-hybridized carbons (Fsp3) is 0.429. The Morgan fingerprint density at radius 1 is 1.29 bits per heavy atom. The van der Waals surface area contributed by atoms with E-state index in [0.29, 0.717) is 24.3 Å². The van der Waals surface area contributed by atoms with E-state index in [1.165, 1.54) is 19.1 Å². The standard InChI is InChI=1S/C14H17Cl2N3O2/c1-8(20)18-10-2-4-19(5-3-10)14(21)11-6-9(17)7-12(15)13(11)16/h6-7,10H,2-5,17H2,1H3,(H,18,20). The largest absolute Gasteiger partial charge is 0.399 e. The van der Waals surface area contributed by atoms with Gasteiger partial charge in [-0.25, -0.2) is 0 Å². The second kappa shape index (κ2) is 6.54. The molecule has 0 saturated carbocycles. The Labute approximate surface area is 133 Å². The highest BCUT2D eigenvalue weighted by Gasteiger charge is 2.26. The van der Waals surface area contributed by atoms with Crippen LogP contribution in [-0.2, 0) is 4.79 Å². The predicted molar refractivity (Wildman–Crippen MR) is 83.6 cm³/mol. The summed E-state index contributed by atoms with van der Waals surface area (Å²) in [5.74, 6) is -0.235. The van der Waals surface area contributed by atoms with Crippen molar-refractivity contribution >= 4 is 40.7 Å². The predicted octanol–water partition coefficient (Wildman–Crippen LogP) is 2.32. The van der Waals surface area contributed by atoms with Crippen molar-refractivity contribution in [2.45, 2.75) is 25.8 Å². The van der Waals surface area contributed by atoms with E-state index in [0.717, 1.165) is 12.8 Å². The summed E-state index contributed by atoms with van der Waals surface area (Å²) in [5.41, 5.74) is 6.43. The molecule has 0 unspecified atom stereocenters. The summed E-state index contributed by atoms with van der Waals surface area (Å²) in [6.07, 6.45) is 1.44. The Hall–Kier alpha value is -1.46. The first-order valence-electron chi connectivity index (χ1n) is 6.69. The number of hydrogen-bond acceptors (Lipinski definition) is 3. The zero-order valence-corrected chi connectivity index (χ0v) is 13.2. The van der Waals surface area contributed by atoms with Crippen molar-refractivity contribution in [3.05, 3.63) is 27.7 Å². The van der Waals surface area contributed by atoms with Crippen LogP contribution >= 0.6 is 23.2 Å². The van der Waals surface area contributed by atoms with E-state index >= 15 is 0 Å². The van der Waals surface area contributed by atoms with Gasteiger partial charge in [-0.2, -0.15) is 0 Å². The molecule has 3 N–H and O–H groups in total. The van der Waals surface area contributed by atoms with Crippen LogP contribution in [0.5, 0.6) is 0 Å². The second-order valence-corrected chi connectivity index (χ2v) is 5.92. The van der Waals surface area contributed by atoms with E-state index in [1.54, 1.807) is 4.90 Å². The number of anilines is 1. The molecule has 1 fully saturated rings. The summed E-state index contributed by atoms with van der Waals surface area (Å²) in [4.78, 5) is 25.2. The third-order valence-corrected chi connectivity index (χ3v) is 4.27. The molecule has 0 atom stereocenters. The molecule has 1 aliphatic rings. The highest BCUT2D eigenvalue weighted by molar-refractivity contribution is 6.44. The maximum Gasteiger partial charge on any atom is 0.255 e. The van der Waals surface area contributed by atoms with Gasteiger partial charge in [-0.15, -0.1) is 0 Å². The molecular weight excluding hydrogens is 313 g/mol. The first-order valence-corrected chi connectivity index (χ1v) is 7.45. The minimum Gasteiger partial charge on any atom is -0.399 e. The van der Waals surface area contributed by atoms with Gasteiger partial charge in [0.2, 0.25) is 5.91 Å². The molecular formula is C14H17Cl2N3O2. The van der Waals surface area contributed by atoms with Crippen molar-refractivity contribution in [2.75, 3.05) is 18.8 Å². The quantitative estimate of drug-likeness (QED) is 0.817. The van der Waals surface area contributed by atoms with E-state index in [4.69, 9.17) is 28.9 Å². The summed E-state index contributed by atoms with van der Waals surface area (Å²) >= 11 is 12.0. The second-order valence-electron chi connectivity index (χ2n) is 5.13. The maximum atomic E-state index is 12.5. The van der Waals surface area contributed by atoms with E-state index in [2.05, 4.69) is 5.32 Å². The molecule has 114 valence electrons. The Kier molecular flexibility index (Phi) is 4.96. The number of carbonyl (C=O) groups is 2. The monoisotopic (exact) mass is 329 g/mol. The summed E-state index contributed by atoms with van der Waals surface area (Å²) in [6, 6.07) is 3.17. The molecule has 2 rings (SSSR count). The van der Waals surface area contributed by atoms with Crippen molar-refractivity contribution in [2.24, 2.45) is 0 Å². The molecule has 2 amide bonds. The van der Waals surface area contributed by atoms with Gasteiger partial charge < -0.3 is 16.0 Å². The molecule has 0 aliphatic carbocycles. The normalized spacial score (nSPS) is 15.9. The Balaban J connectivity index is 2.07. The van der Waals surface area contributed by atoms with Crippen molar-refractivity contribution in [1.29, 1.82) is 0 Å². The molecule has 21 heavy (non-hydrogen) atoms. The van der Waals surface area contributed by atoms with Gasteiger partial charge in [0.15, 0.2) is 0 Å². The first kappa shape index (κ1) is 15.9. The number of amides is 2. The summed E-state index contributed by atoms with van der Waals surface area (Å²) < 4.78 is 0. The molecule has 1 aromatic rings. The number of nitrogens with zero attached hydrogens (tertiary/aromatic N) is 1. The zero-order chi connectivity index (χ0) is 15.6. The third kappa shape index (κ3) is 3.80. The van der Waals surface area contributed by atoms with Crippen LogP contribution in [0.15, 0.2) is 12.1 Å².